The van der Waals surface area contributed by atoms with Gasteiger partial charge in [-0.15, -0.1) is 0 Å². The molecule has 2 heteroatoms. The third kappa shape index (κ3) is 1.45. The minimum atomic E-state index is 0.112. The zero-order valence-electron chi connectivity index (χ0n) is 9.50. The zero-order chi connectivity index (χ0) is 10.5. The molecule has 0 heterocycles. The molecule has 4 saturated carbocycles. The summed E-state index contributed by atoms with van der Waals surface area (Å²) in [5, 5.41) is 0. The monoisotopic (exact) mass is 208 g/mol. The van der Waals surface area contributed by atoms with Crippen molar-refractivity contribution in [2.24, 2.45) is 17.8 Å². The van der Waals surface area contributed by atoms with E-state index in [-0.39, 0.29) is 5.60 Å². The first-order valence-electron chi connectivity index (χ1n) is 6.40. The van der Waals surface area contributed by atoms with Crippen LogP contribution >= 0.6 is 0 Å². The summed E-state index contributed by atoms with van der Waals surface area (Å²) in [6, 6.07) is 0. The molecule has 4 rings (SSSR count). The molecule has 0 aromatic carbocycles. The first-order valence-corrected chi connectivity index (χ1v) is 6.40. The number of hydrogen-bond acceptors (Lipinski definition) is 2. The van der Waals surface area contributed by atoms with Crippen molar-refractivity contribution in [3.05, 3.63) is 0 Å². The second-order valence-electron chi connectivity index (χ2n) is 5.78. The molecule has 0 N–H and O–H groups in total. The van der Waals surface area contributed by atoms with Crippen molar-refractivity contribution >= 4 is 5.78 Å². The maximum Gasteiger partial charge on any atom is 0.139 e. The predicted molar refractivity (Wildman–Crippen MR) is 57.5 cm³/mol. The third-order valence-electron chi connectivity index (χ3n) is 4.55. The van der Waals surface area contributed by atoms with Crippen molar-refractivity contribution in [1.29, 1.82) is 0 Å². The highest BCUT2D eigenvalue weighted by Gasteiger charge is 2.55. The van der Waals surface area contributed by atoms with Gasteiger partial charge in [0.25, 0.3) is 0 Å². The van der Waals surface area contributed by atoms with Crippen molar-refractivity contribution in [1.82, 2.24) is 0 Å². The lowest BCUT2D eigenvalue weighted by molar-refractivity contribution is -0.175. The average molecular weight is 208 g/mol. The minimum Gasteiger partial charge on any atom is -0.375 e. The van der Waals surface area contributed by atoms with Gasteiger partial charge in [-0.3, -0.25) is 4.79 Å². The standard InChI is InChI=1S/C13H20O2/c1-2-3-15-13-6-9-4-10(7-13)12(14)11(5-9)8-13/h9-11H,2-8H2,1H3. The van der Waals surface area contributed by atoms with Crippen LogP contribution in [0.5, 0.6) is 0 Å². The number of rotatable bonds is 3. The van der Waals surface area contributed by atoms with Crippen molar-refractivity contribution < 1.29 is 9.53 Å². The number of ether oxygens (including phenoxy) is 1. The molecule has 4 aliphatic carbocycles. The van der Waals surface area contributed by atoms with E-state index in [1.807, 2.05) is 0 Å². The summed E-state index contributed by atoms with van der Waals surface area (Å²) in [6.45, 7) is 3.03. The average Bonchev–Trinajstić information content (AvgIpc) is 2.22. The number of carbonyl (C=O) groups excluding carboxylic acids is 1. The third-order valence-corrected chi connectivity index (χ3v) is 4.55. The van der Waals surface area contributed by atoms with Gasteiger partial charge in [-0.1, -0.05) is 6.92 Å². The Hall–Kier alpha value is -0.370. The highest BCUT2D eigenvalue weighted by atomic mass is 16.5. The van der Waals surface area contributed by atoms with E-state index in [0.29, 0.717) is 17.6 Å². The van der Waals surface area contributed by atoms with Gasteiger partial charge in [0.05, 0.1) is 5.60 Å². The van der Waals surface area contributed by atoms with Crippen LogP contribution < -0.4 is 0 Å². The van der Waals surface area contributed by atoms with Crippen molar-refractivity contribution in [3.8, 4) is 0 Å². The van der Waals surface area contributed by atoms with Crippen molar-refractivity contribution in [2.75, 3.05) is 6.61 Å². The second kappa shape index (κ2) is 3.31. The molecular formula is C13H20O2. The van der Waals surface area contributed by atoms with Gasteiger partial charge in [-0.25, -0.2) is 0 Å². The lowest BCUT2D eigenvalue weighted by Crippen LogP contribution is -2.56. The summed E-state index contributed by atoms with van der Waals surface area (Å²) in [6.07, 6.45) is 6.69. The van der Waals surface area contributed by atoms with Gasteiger partial charge in [-0.2, -0.15) is 0 Å². The van der Waals surface area contributed by atoms with E-state index in [4.69, 9.17) is 4.74 Å². The highest BCUT2D eigenvalue weighted by Crippen LogP contribution is 2.55. The van der Waals surface area contributed by atoms with Crippen LogP contribution in [0.15, 0.2) is 0 Å². The molecule has 0 amide bonds. The van der Waals surface area contributed by atoms with Crippen LogP contribution in [0.25, 0.3) is 0 Å². The lowest BCUT2D eigenvalue weighted by Gasteiger charge is -2.55. The number of Topliss-reactive ketones (excluding diaryl/α,β-unsaturated/α-hetero) is 1. The summed E-state index contributed by atoms with van der Waals surface area (Å²) in [5.41, 5.74) is 0.112. The maximum atomic E-state index is 11.9. The van der Waals surface area contributed by atoms with Crippen LogP contribution in [0.3, 0.4) is 0 Å². The summed E-state index contributed by atoms with van der Waals surface area (Å²) < 4.78 is 6.09. The molecule has 2 atom stereocenters. The number of ketones is 1. The largest absolute Gasteiger partial charge is 0.375 e. The van der Waals surface area contributed by atoms with E-state index in [2.05, 4.69) is 6.92 Å². The molecule has 0 spiro atoms. The van der Waals surface area contributed by atoms with Gasteiger partial charge in [0.2, 0.25) is 0 Å². The molecule has 0 aromatic rings. The summed E-state index contributed by atoms with van der Waals surface area (Å²) in [4.78, 5) is 11.9. The van der Waals surface area contributed by atoms with E-state index >= 15 is 0 Å². The Kier molecular flexibility index (Phi) is 2.17. The smallest absolute Gasteiger partial charge is 0.139 e. The Balaban J connectivity index is 1.80. The van der Waals surface area contributed by atoms with E-state index in [1.54, 1.807) is 0 Å². The Morgan fingerprint density at radius 2 is 1.93 bits per heavy atom. The number of hydrogen-bond donors (Lipinski definition) is 0. The Morgan fingerprint density at radius 1 is 1.27 bits per heavy atom. The molecule has 0 radical (unpaired) electrons. The second-order valence-corrected chi connectivity index (χ2v) is 5.78. The fourth-order valence-corrected chi connectivity index (χ4v) is 4.17. The number of carbonyl (C=O) groups is 1. The van der Waals surface area contributed by atoms with E-state index in [9.17, 15) is 4.79 Å². The molecular weight excluding hydrogens is 188 g/mol. The normalized spacial score (nSPS) is 47.5. The molecule has 84 valence electrons. The fraction of sp³-hybridized carbons (Fsp3) is 0.923. The molecule has 15 heavy (non-hydrogen) atoms. The molecule has 4 fully saturated rings. The van der Waals surface area contributed by atoms with Gasteiger partial charge in [0.15, 0.2) is 0 Å². The quantitative estimate of drug-likeness (QED) is 0.712. The zero-order valence-corrected chi connectivity index (χ0v) is 9.50. The molecule has 4 aliphatic rings. The fourth-order valence-electron chi connectivity index (χ4n) is 4.17. The predicted octanol–water partition coefficient (Wildman–Crippen LogP) is 2.56. The van der Waals surface area contributed by atoms with Crippen LogP contribution in [0.1, 0.15) is 45.4 Å². The Bertz CT molecular complexity index is 266. The van der Waals surface area contributed by atoms with Gasteiger partial charge in [0.1, 0.15) is 5.78 Å². The summed E-state index contributed by atoms with van der Waals surface area (Å²) >= 11 is 0. The Labute approximate surface area is 91.4 Å². The first-order chi connectivity index (χ1) is 7.22. The van der Waals surface area contributed by atoms with E-state index in [1.165, 1.54) is 6.42 Å². The van der Waals surface area contributed by atoms with Crippen LogP contribution in [0.4, 0.5) is 0 Å². The van der Waals surface area contributed by atoms with Gasteiger partial charge < -0.3 is 4.74 Å². The van der Waals surface area contributed by atoms with Crippen LogP contribution in [-0.4, -0.2) is 18.0 Å². The molecule has 0 saturated heterocycles. The molecule has 0 aromatic heterocycles. The Morgan fingerprint density at radius 3 is 2.53 bits per heavy atom. The SMILES string of the molecule is CCCOC12CC3CC(C1)C(=O)C(C3)C2. The minimum absolute atomic E-state index is 0.112. The van der Waals surface area contributed by atoms with Gasteiger partial charge >= 0.3 is 0 Å². The van der Waals surface area contributed by atoms with Crippen LogP contribution in [-0.2, 0) is 9.53 Å². The van der Waals surface area contributed by atoms with Crippen molar-refractivity contribution in [2.45, 2.75) is 51.0 Å². The molecule has 4 bridgehead atoms. The molecule has 0 aliphatic heterocycles. The van der Waals surface area contributed by atoms with E-state index in [0.717, 1.165) is 44.6 Å². The topological polar surface area (TPSA) is 26.3 Å². The summed E-state index contributed by atoms with van der Waals surface area (Å²) in [7, 11) is 0. The first kappa shape index (κ1) is 9.83. The molecule has 2 nitrogen and oxygen atoms in total. The lowest BCUT2D eigenvalue weighted by atomic mass is 9.53. The maximum absolute atomic E-state index is 11.9. The van der Waals surface area contributed by atoms with Gasteiger partial charge in [0, 0.05) is 18.4 Å². The summed E-state index contributed by atoms with van der Waals surface area (Å²) in [5.74, 6) is 2.06. The molecule has 2 unspecified atom stereocenters. The van der Waals surface area contributed by atoms with Gasteiger partial charge in [-0.05, 0) is 44.4 Å². The van der Waals surface area contributed by atoms with E-state index < -0.39 is 0 Å². The van der Waals surface area contributed by atoms with Crippen LogP contribution in [0, 0.1) is 17.8 Å². The van der Waals surface area contributed by atoms with Crippen molar-refractivity contribution in [3.63, 3.8) is 0 Å². The highest BCUT2D eigenvalue weighted by molar-refractivity contribution is 5.85. The van der Waals surface area contributed by atoms with Crippen LogP contribution in [0.2, 0.25) is 0 Å².